The van der Waals surface area contributed by atoms with E-state index in [9.17, 15) is 13.2 Å². The zero-order valence-electron chi connectivity index (χ0n) is 14.9. The van der Waals surface area contributed by atoms with Gasteiger partial charge in [0.25, 0.3) is 0 Å². The van der Waals surface area contributed by atoms with Crippen molar-refractivity contribution in [1.82, 2.24) is 5.32 Å². The average Bonchev–Trinajstić information content (AvgIpc) is 3.07. The number of rotatable bonds is 8. The molecule has 0 radical (unpaired) electrons. The number of hydrogen-bond acceptors (Lipinski definition) is 4. The first kappa shape index (κ1) is 21.7. The summed E-state index contributed by atoms with van der Waals surface area (Å²) < 4.78 is 25.6. The minimum atomic E-state index is -3.67. The fourth-order valence-electron chi connectivity index (χ4n) is 3.03. The summed E-state index contributed by atoms with van der Waals surface area (Å²) in [4.78, 5) is 12.5. The highest BCUT2D eigenvalue weighted by Gasteiger charge is 2.29. The van der Waals surface area contributed by atoms with E-state index in [1.807, 2.05) is 11.8 Å². The lowest BCUT2D eigenvalue weighted by Crippen LogP contribution is -2.48. The Kier molecular flexibility index (Phi) is 7.94. The molecule has 0 aliphatic heterocycles. The summed E-state index contributed by atoms with van der Waals surface area (Å²) >= 11 is 13.8. The van der Waals surface area contributed by atoms with E-state index in [1.54, 1.807) is 6.92 Å². The fraction of sp³-hybridized carbons (Fsp3) is 0.588. The molecule has 0 unspecified atom stereocenters. The van der Waals surface area contributed by atoms with Crippen LogP contribution < -0.4 is 9.62 Å². The van der Waals surface area contributed by atoms with Crippen molar-refractivity contribution in [2.24, 2.45) is 0 Å². The predicted molar refractivity (Wildman–Crippen MR) is 111 cm³/mol. The Morgan fingerprint density at radius 1 is 1.31 bits per heavy atom. The first-order chi connectivity index (χ1) is 12.2. The molecule has 1 aromatic carbocycles. The molecule has 1 atom stereocenters. The molecular weight excluding hydrogens is 415 g/mol. The topological polar surface area (TPSA) is 66.5 Å². The van der Waals surface area contributed by atoms with Crippen LogP contribution in [0, 0.1) is 0 Å². The molecule has 26 heavy (non-hydrogen) atoms. The highest BCUT2D eigenvalue weighted by molar-refractivity contribution is 7.99. The van der Waals surface area contributed by atoms with Gasteiger partial charge in [-0.2, -0.15) is 11.8 Å². The fourth-order valence-corrected chi connectivity index (χ4v) is 5.71. The minimum Gasteiger partial charge on any atom is -0.353 e. The quantitative estimate of drug-likeness (QED) is 0.624. The Morgan fingerprint density at radius 2 is 1.96 bits per heavy atom. The van der Waals surface area contributed by atoms with Gasteiger partial charge in [0.05, 0.1) is 22.0 Å². The van der Waals surface area contributed by atoms with Crippen molar-refractivity contribution in [2.75, 3.05) is 22.9 Å². The van der Waals surface area contributed by atoms with Crippen molar-refractivity contribution in [3.63, 3.8) is 0 Å². The highest BCUT2D eigenvalue weighted by atomic mass is 35.5. The summed E-state index contributed by atoms with van der Waals surface area (Å²) in [5.74, 6) is 0.489. The Morgan fingerprint density at radius 3 is 2.54 bits per heavy atom. The number of carbonyl (C=O) groups is 1. The second-order valence-corrected chi connectivity index (χ2v) is 10.5. The third kappa shape index (κ3) is 5.94. The van der Waals surface area contributed by atoms with Gasteiger partial charge in [0.1, 0.15) is 6.04 Å². The maximum Gasteiger partial charge on any atom is 0.243 e. The lowest BCUT2D eigenvalue weighted by atomic mass is 10.2. The maximum atomic E-state index is 12.5. The van der Waals surface area contributed by atoms with E-state index < -0.39 is 16.1 Å². The van der Waals surface area contributed by atoms with Crippen molar-refractivity contribution < 1.29 is 13.2 Å². The number of halogens is 2. The Hall–Kier alpha value is -0.630. The third-order valence-corrected chi connectivity index (χ3v) is 7.67. The van der Waals surface area contributed by atoms with Crippen molar-refractivity contribution >= 4 is 56.6 Å². The normalized spacial score (nSPS) is 16.5. The molecule has 5 nitrogen and oxygen atoms in total. The number of nitrogens with one attached hydrogen (secondary N) is 1. The number of thioether (sulfide) groups is 1. The van der Waals surface area contributed by atoms with Crippen LogP contribution in [0.1, 0.15) is 32.6 Å². The number of sulfonamides is 1. The van der Waals surface area contributed by atoms with Gasteiger partial charge in [0.2, 0.25) is 15.9 Å². The highest BCUT2D eigenvalue weighted by Crippen LogP contribution is 2.30. The van der Waals surface area contributed by atoms with Gasteiger partial charge in [-0.25, -0.2) is 8.42 Å². The minimum absolute atomic E-state index is 0.235. The third-order valence-electron chi connectivity index (χ3n) is 4.30. The summed E-state index contributed by atoms with van der Waals surface area (Å²) in [7, 11) is -3.67. The standard InChI is InChI=1S/C17H24Cl2N2O3S2/c1-12(17(22)20-9-10-25-14-5-3-4-6-14)21(26(2,23)24)13-7-8-15(18)16(19)11-13/h7-8,11-12,14H,3-6,9-10H2,1-2H3,(H,20,22)/t12-/m1/s1. The van der Waals surface area contributed by atoms with Crippen LogP contribution in [0.4, 0.5) is 5.69 Å². The van der Waals surface area contributed by atoms with Crippen molar-refractivity contribution in [1.29, 1.82) is 0 Å². The molecular formula is C17H24Cl2N2O3S2. The molecule has 0 bridgehead atoms. The van der Waals surface area contributed by atoms with E-state index in [0.29, 0.717) is 22.5 Å². The van der Waals surface area contributed by atoms with Crippen LogP contribution in [0.25, 0.3) is 0 Å². The van der Waals surface area contributed by atoms with E-state index in [0.717, 1.165) is 16.3 Å². The molecule has 9 heteroatoms. The smallest absolute Gasteiger partial charge is 0.243 e. The van der Waals surface area contributed by atoms with Crippen molar-refractivity contribution in [3.8, 4) is 0 Å². The van der Waals surface area contributed by atoms with Crippen LogP contribution >= 0.6 is 35.0 Å². The lowest BCUT2D eigenvalue weighted by Gasteiger charge is -2.28. The first-order valence-electron chi connectivity index (χ1n) is 8.54. The van der Waals surface area contributed by atoms with Gasteiger partial charge in [-0.05, 0) is 38.0 Å². The van der Waals surface area contributed by atoms with Gasteiger partial charge in [-0.3, -0.25) is 9.10 Å². The molecule has 146 valence electrons. The van der Waals surface area contributed by atoms with Gasteiger partial charge in [-0.15, -0.1) is 0 Å². The van der Waals surface area contributed by atoms with Crippen LogP contribution in [0.5, 0.6) is 0 Å². The summed E-state index contributed by atoms with van der Waals surface area (Å²) in [6.45, 7) is 2.08. The van der Waals surface area contributed by atoms with Gasteiger partial charge in [-0.1, -0.05) is 36.0 Å². The van der Waals surface area contributed by atoms with E-state index >= 15 is 0 Å². The van der Waals surface area contributed by atoms with E-state index in [-0.39, 0.29) is 10.9 Å². The zero-order chi connectivity index (χ0) is 19.3. The zero-order valence-corrected chi connectivity index (χ0v) is 18.0. The monoisotopic (exact) mass is 438 g/mol. The molecule has 0 saturated heterocycles. The van der Waals surface area contributed by atoms with Gasteiger partial charge in [0.15, 0.2) is 0 Å². The van der Waals surface area contributed by atoms with E-state index in [1.165, 1.54) is 43.9 Å². The number of anilines is 1. The maximum absolute atomic E-state index is 12.5. The predicted octanol–water partition coefficient (Wildman–Crippen LogP) is 3.94. The number of amides is 1. The van der Waals surface area contributed by atoms with Crippen molar-refractivity contribution in [3.05, 3.63) is 28.2 Å². The summed E-state index contributed by atoms with van der Waals surface area (Å²) in [6.07, 6.45) is 6.12. The molecule has 1 aromatic rings. The second-order valence-electron chi connectivity index (χ2n) is 6.40. The van der Waals surface area contributed by atoms with Gasteiger partial charge < -0.3 is 5.32 Å². The molecule has 0 aromatic heterocycles. The molecule has 1 aliphatic rings. The van der Waals surface area contributed by atoms with E-state index in [2.05, 4.69) is 5.32 Å². The van der Waals surface area contributed by atoms with Crippen LogP contribution in [-0.4, -0.2) is 44.2 Å². The number of benzene rings is 1. The Bertz CT molecular complexity index is 738. The average molecular weight is 439 g/mol. The largest absolute Gasteiger partial charge is 0.353 e. The molecule has 1 aliphatic carbocycles. The molecule has 1 amide bonds. The molecule has 0 heterocycles. The van der Waals surface area contributed by atoms with Gasteiger partial charge in [0, 0.05) is 17.5 Å². The lowest BCUT2D eigenvalue weighted by molar-refractivity contribution is -0.121. The SMILES string of the molecule is C[C@H](C(=O)NCCSC1CCCC1)N(c1ccc(Cl)c(Cl)c1)S(C)(=O)=O. The van der Waals surface area contributed by atoms with Crippen LogP contribution in [-0.2, 0) is 14.8 Å². The first-order valence-corrected chi connectivity index (χ1v) is 12.2. The summed E-state index contributed by atoms with van der Waals surface area (Å²) in [5.41, 5.74) is 0.310. The van der Waals surface area contributed by atoms with Gasteiger partial charge >= 0.3 is 0 Å². The number of nitrogens with zero attached hydrogens (tertiary/aromatic N) is 1. The molecule has 1 fully saturated rings. The van der Waals surface area contributed by atoms with Crippen LogP contribution in [0.2, 0.25) is 10.0 Å². The number of carbonyl (C=O) groups excluding carboxylic acids is 1. The summed E-state index contributed by atoms with van der Waals surface area (Å²) in [5, 5.41) is 4.08. The Balaban J connectivity index is 2.00. The van der Waals surface area contributed by atoms with E-state index in [4.69, 9.17) is 23.2 Å². The van der Waals surface area contributed by atoms with Crippen LogP contribution in [0.3, 0.4) is 0 Å². The number of hydrogen-bond donors (Lipinski definition) is 1. The summed E-state index contributed by atoms with van der Waals surface area (Å²) in [6, 6.07) is 3.61. The molecule has 1 N–H and O–H groups in total. The molecule has 1 saturated carbocycles. The Labute approximate surface area is 169 Å². The molecule has 2 rings (SSSR count). The van der Waals surface area contributed by atoms with Crippen LogP contribution in [0.15, 0.2) is 18.2 Å². The second kappa shape index (κ2) is 9.53. The van der Waals surface area contributed by atoms with Crippen molar-refractivity contribution in [2.45, 2.75) is 43.9 Å². The molecule has 0 spiro atoms.